The van der Waals surface area contributed by atoms with E-state index in [0.717, 1.165) is 11.9 Å². The standard InChI is InChI=1S/C12H17N3O3S/c1-19(17,18)9-2-3-11(10(13)6-9)15-5-4-8(7-15)12(14)16/h2-3,6,8H,4-5,7,13H2,1H3,(H2,14,16). The van der Waals surface area contributed by atoms with Gasteiger partial charge in [0.15, 0.2) is 9.84 Å². The summed E-state index contributed by atoms with van der Waals surface area (Å²) in [6.07, 6.45) is 1.84. The van der Waals surface area contributed by atoms with Crippen molar-refractivity contribution in [1.82, 2.24) is 0 Å². The van der Waals surface area contributed by atoms with Gasteiger partial charge in [0.05, 0.1) is 22.2 Å². The Morgan fingerprint density at radius 2 is 2.11 bits per heavy atom. The van der Waals surface area contributed by atoms with Crippen molar-refractivity contribution in [1.29, 1.82) is 0 Å². The van der Waals surface area contributed by atoms with Crippen LogP contribution in [0.15, 0.2) is 23.1 Å². The summed E-state index contributed by atoms with van der Waals surface area (Å²) in [7, 11) is -3.26. The van der Waals surface area contributed by atoms with Crippen LogP contribution in [0.4, 0.5) is 11.4 Å². The van der Waals surface area contributed by atoms with Gasteiger partial charge in [0, 0.05) is 19.3 Å². The number of benzene rings is 1. The summed E-state index contributed by atoms with van der Waals surface area (Å²) in [5.74, 6) is -0.484. The van der Waals surface area contributed by atoms with Crippen molar-refractivity contribution in [3.05, 3.63) is 18.2 Å². The smallest absolute Gasteiger partial charge is 0.222 e. The number of hydrogen-bond acceptors (Lipinski definition) is 5. The molecule has 0 radical (unpaired) electrons. The van der Waals surface area contributed by atoms with Crippen molar-refractivity contribution in [2.45, 2.75) is 11.3 Å². The number of rotatable bonds is 3. The molecule has 1 aliphatic heterocycles. The minimum absolute atomic E-state index is 0.172. The number of carbonyl (C=O) groups is 1. The Kier molecular flexibility index (Phi) is 3.40. The van der Waals surface area contributed by atoms with Gasteiger partial charge >= 0.3 is 0 Å². The lowest BCUT2D eigenvalue weighted by Gasteiger charge is -2.20. The molecule has 1 unspecified atom stereocenters. The van der Waals surface area contributed by atoms with Gasteiger partial charge in [-0.1, -0.05) is 0 Å². The van der Waals surface area contributed by atoms with Crippen LogP contribution in [-0.4, -0.2) is 33.7 Å². The highest BCUT2D eigenvalue weighted by Crippen LogP contribution is 2.30. The number of nitrogens with two attached hydrogens (primary N) is 2. The summed E-state index contributed by atoms with van der Waals surface area (Å²) >= 11 is 0. The quantitative estimate of drug-likeness (QED) is 0.758. The monoisotopic (exact) mass is 283 g/mol. The van der Waals surface area contributed by atoms with E-state index in [0.29, 0.717) is 25.2 Å². The predicted molar refractivity (Wildman–Crippen MR) is 73.5 cm³/mol. The lowest BCUT2D eigenvalue weighted by Crippen LogP contribution is -2.27. The SMILES string of the molecule is CS(=O)(=O)c1ccc(N2CCC(C(N)=O)C2)c(N)c1. The highest BCUT2D eigenvalue weighted by molar-refractivity contribution is 7.90. The molecule has 1 aromatic rings. The highest BCUT2D eigenvalue weighted by Gasteiger charge is 2.27. The minimum atomic E-state index is -3.26. The summed E-state index contributed by atoms with van der Waals surface area (Å²) in [4.78, 5) is 13.3. The van der Waals surface area contributed by atoms with Crippen LogP contribution in [0, 0.1) is 5.92 Å². The lowest BCUT2D eigenvalue weighted by molar-refractivity contribution is -0.121. The average Bonchev–Trinajstić information content (AvgIpc) is 2.76. The van der Waals surface area contributed by atoms with Gasteiger partial charge in [0.1, 0.15) is 0 Å². The Bertz CT molecular complexity index is 613. The van der Waals surface area contributed by atoms with Gasteiger partial charge in [-0.05, 0) is 24.6 Å². The van der Waals surface area contributed by atoms with E-state index in [2.05, 4.69) is 0 Å². The van der Waals surface area contributed by atoms with Crippen molar-refractivity contribution in [2.75, 3.05) is 30.0 Å². The first-order chi connectivity index (χ1) is 8.79. The van der Waals surface area contributed by atoms with E-state index in [9.17, 15) is 13.2 Å². The van der Waals surface area contributed by atoms with E-state index in [-0.39, 0.29) is 16.7 Å². The molecule has 19 heavy (non-hydrogen) atoms. The Labute approximate surface area is 112 Å². The molecule has 2 rings (SSSR count). The van der Waals surface area contributed by atoms with E-state index in [1.54, 1.807) is 6.07 Å². The van der Waals surface area contributed by atoms with Gasteiger partial charge in [-0.3, -0.25) is 4.79 Å². The first-order valence-corrected chi connectivity index (χ1v) is 7.82. The molecule has 1 amide bonds. The molecule has 1 aliphatic rings. The van der Waals surface area contributed by atoms with Gasteiger partial charge in [0.25, 0.3) is 0 Å². The summed E-state index contributed by atoms with van der Waals surface area (Å²) < 4.78 is 22.9. The van der Waals surface area contributed by atoms with E-state index in [4.69, 9.17) is 11.5 Å². The van der Waals surface area contributed by atoms with Crippen LogP contribution < -0.4 is 16.4 Å². The Balaban J connectivity index is 2.26. The molecule has 1 atom stereocenters. The predicted octanol–water partition coefficient (Wildman–Crippen LogP) is -0.0161. The highest BCUT2D eigenvalue weighted by atomic mass is 32.2. The van der Waals surface area contributed by atoms with Crippen LogP contribution in [0.2, 0.25) is 0 Å². The van der Waals surface area contributed by atoms with Crippen molar-refractivity contribution < 1.29 is 13.2 Å². The first-order valence-electron chi connectivity index (χ1n) is 5.93. The third-order valence-corrected chi connectivity index (χ3v) is 4.47. The maximum atomic E-state index is 11.4. The minimum Gasteiger partial charge on any atom is -0.397 e. The number of hydrogen-bond donors (Lipinski definition) is 2. The molecule has 6 nitrogen and oxygen atoms in total. The molecule has 0 aromatic heterocycles. The van der Waals surface area contributed by atoms with Crippen LogP contribution in [0.25, 0.3) is 0 Å². The molecule has 1 saturated heterocycles. The molecule has 0 bridgehead atoms. The summed E-state index contributed by atoms with van der Waals surface area (Å²) in [5, 5.41) is 0. The Morgan fingerprint density at radius 3 is 2.58 bits per heavy atom. The topological polar surface area (TPSA) is 106 Å². The second-order valence-corrected chi connectivity index (χ2v) is 6.84. The molecule has 0 saturated carbocycles. The third-order valence-electron chi connectivity index (χ3n) is 3.36. The van der Waals surface area contributed by atoms with Gasteiger partial charge in [0.2, 0.25) is 5.91 Å². The second kappa shape index (κ2) is 4.73. The fraction of sp³-hybridized carbons (Fsp3) is 0.417. The first kappa shape index (κ1) is 13.7. The molecule has 1 aromatic carbocycles. The number of anilines is 2. The number of nitrogen functional groups attached to an aromatic ring is 1. The van der Waals surface area contributed by atoms with Crippen molar-refractivity contribution in [3.8, 4) is 0 Å². The van der Waals surface area contributed by atoms with E-state index >= 15 is 0 Å². The molecule has 1 heterocycles. The van der Waals surface area contributed by atoms with E-state index in [1.807, 2.05) is 4.90 Å². The molecule has 104 valence electrons. The van der Waals surface area contributed by atoms with Crippen LogP contribution in [-0.2, 0) is 14.6 Å². The Hall–Kier alpha value is -1.76. The molecular formula is C12H17N3O3S. The van der Waals surface area contributed by atoms with Gasteiger partial charge in [-0.15, -0.1) is 0 Å². The maximum Gasteiger partial charge on any atom is 0.222 e. The molecule has 1 fully saturated rings. The lowest BCUT2D eigenvalue weighted by atomic mass is 10.1. The fourth-order valence-corrected chi connectivity index (χ4v) is 2.92. The van der Waals surface area contributed by atoms with Crippen LogP contribution in [0.3, 0.4) is 0 Å². The fourth-order valence-electron chi connectivity index (χ4n) is 2.26. The normalized spacial score (nSPS) is 19.6. The maximum absolute atomic E-state index is 11.4. The second-order valence-electron chi connectivity index (χ2n) is 4.83. The van der Waals surface area contributed by atoms with E-state index in [1.165, 1.54) is 12.1 Å². The largest absolute Gasteiger partial charge is 0.397 e. The average molecular weight is 283 g/mol. The number of nitrogens with zero attached hydrogens (tertiary/aromatic N) is 1. The molecule has 4 N–H and O–H groups in total. The number of sulfone groups is 1. The van der Waals surface area contributed by atoms with Crippen LogP contribution in [0.5, 0.6) is 0 Å². The van der Waals surface area contributed by atoms with Gasteiger partial charge in [-0.25, -0.2) is 8.42 Å². The summed E-state index contributed by atoms with van der Waals surface area (Å²) in [6.45, 7) is 1.22. The van der Waals surface area contributed by atoms with E-state index < -0.39 is 9.84 Å². The zero-order valence-corrected chi connectivity index (χ0v) is 11.5. The number of amides is 1. The van der Waals surface area contributed by atoms with Crippen LogP contribution in [0.1, 0.15) is 6.42 Å². The molecular weight excluding hydrogens is 266 g/mol. The molecule has 7 heteroatoms. The zero-order chi connectivity index (χ0) is 14.2. The van der Waals surface area contributed by atoms with Crippen LogP contribution >= 0.6 is 0 Å². The Morgan fingerprint density at radius 1 is 1.42 bits per heavy atom. The molecule has 0 spiro atoms. The number of primary amides is 1. The van der Waals surface area contributed by atoms with Gasteiger partial charge < -0.3 is 16.4 Å². The zero-order valence-electron chi connectivity index (χ0n) is 10.7. The summed E-state index contributed by atoms with van der Waals surface area (Å²) in [5.41, 5.74) is 12.3. The number of carbonyl (C=O) groups excluding carboxylic acids is 1. The third kappa shape index (κ3) is 2.81. The summed E-state index contributed by atoms with van der Waals surface area (Å²) in [6, 6.07) is 4.65. The van der Waals surface area contributed by atoms with Crippen molar-refractivity contribution in [3.63, 3.8) is 0 Å². The molecule has 0 aliphatic carbocycles. The van der Waals surface area contributed by atoms with Crippen molar-refractivity contribution >= 4 is 27.1 Å². The van der Waals surface area contributed by atoms with Crippen molar-refractivity contribution in [2.24, 2.45) is 11.7 Å². The van der Waals surface area contributed by atoms with Gasteiger partial charge in [-0.2, -0.15) is 0 Å².